The van der Waals surface area contributed by atoms with Gasteiger partial charge >= 0.3 is 0 Å². The quantitative estimate of drug-likeness (QED) is 0.692. The fourth-order valence-electron chi connectivity index (χ4n) is 1.97. The monoisotopic (exact) mass is 249 g/mol. The van der Waals surface area contributed by atoms with E-state index in [4.69, 9.17) is 5.11 Å². The third kappa shape index (κ3) is 3.29. The molecule has 0 amide bonds. The van der Waals surface area contributed by atoms with Crippen molar-refractivity contribution in [2.24, 2.45) is 0 Å². The number of fused-ring (bicyclic) bond motifs is 1. The highest BCUT2D eigenvalue weighted by Crippen LogP contribution is 2.12. The van der Waals surface area contributed by atoms with E-state index in [0.29, 0.717) is 6.54 Å². The van der Waals surface area contributed by atoms with Crippen LogP contribution in [0.25, 0.3) is 11.0 Å². The van der Waals surface area contributed by atoms with Crippen LogP contribution < -0.4 is 0 Å². The summed E-state index contributed by atoms with van der Waals surface area (Å²) in [5.74, 6) is 0. The van der Waals surface area contributed by atoms with Crippen molar-refractivity contribution in [1.82, 2.24) is 14.9 Å². The molecule has 0 saturated carbocycles. The first-order valence-corrected chi connectivity index (χ1v) is 6.08. The van der Waals surface area contributed by atoms with Gasteiger partial charge in [-0.05, 0) is 31.2 Å². The van der Waals surface area contributed by atoms with Crippen LogP contribution in [0.15, 0.2) is 24.5 Å². The zero-order valence-electron chi connectivity index (χ0n) is 10.5. The van der Waals surface area contributed by atoms with E-state index in [1.165, 1.54) is 5.56 Å². The number of aromatic amines is 1. The Balaban J connectivity index is 1.89. The molecule has 0 fully saturated rings. The minimum Gasteiger partial charge on any atom is -0.394 e. The van der Waals surface area contributed by atoms with Gasteiger partial charge in [0.05, 0.1) is 30.1 Å². The van der Waals surface area contributed by atoms with Gasteiger partial charge in [0.1, 0.15) is 0 Å². The molecule has 1 unspecified atom stereocenters. The van der Waals surface area contributed by atoms with Crippen LogP contribution in [0.1, 0.15) is 5.56 Å². The van der Waals surface area contributed by atoms with Gasteiger partial charge in [0, 0.05) is 13.1 Å². The van der Waals surface area contributed by atoms with Crippen molar-refractivity contribution in [2.45, 2.75) is 12.5 Å². The van der Waals surface area contributed by atoms with Crippen LogP contribution >= 0.6 is 0 Å². The number of rotatable bonds is 6. The first-order valence-electron chi connectivity index (χ1n) is 6.08. The standard InChI is InChI=1S/C13H19N3O2/c1-16(7-11(18)8-17)5-4-10-2-3-12-13(6-10)15-9-14-12/h2-3,6,9,11,17-18H,4-5,7-8H2,1H3,(H,14,15). The summed E-state index contributed by atoms with van der Waals surface area (Å²) in [7, 11) is 1.94. The fourth-order valence-corrected chi connectivity index (χ4v) is 1.97. The number of H-pyrrole nitrogens is 1. The molecule has 1 aromatic carbocycles. The van der Waals surface area contributed by atoms with Crippen molar-refractivity contribution in [3.63, 3.8) is 0 Å². The van der Waals surface area contributed by atoms with E-state index in [0.717, 1.165) is 24.0 Å². The molecule has 0 aliphatic carbocycles. The van der Waals surface area contributed by atoms with Crippen molar-refractivity contribution < 1.29 is 10.2 Å². The summed E-state index contributed by atoms with van der Waals surface area (Å²) in [5, 5.41) is 18.1. The molecule has 98 valence electrons. The lowest BCUT2D eigenvalue weighted by atomic mass is 10.1. The van der Waals surface area contributed by atoms with Crippen molar-refractivity contribution in [3.05, 3.63) is 30.1 Å². The molecule has 2 rings (SSSR count). The number of aromatic nitrogens is 2. The van der Waals surface area contributed by atoms with Gasteiger partial charge in [0.25, 0.3) is 0 Å². The molecule has 5 heteroatoms. The highest BCUT2D eigenvalue weighted by atomic mass is 16.3. The molecule has 0 bridgehead atoms. The second-order valence-corrected chi connectivity index (χ2v) is 4.60. The number of hydrogen-bond donors (Lipinski definition) is 3. The Morgan fingerprint density at radius 3 is 3.06 bits per heavy atom. The van der Waals surface area contributed by atoms with Gasteiger partial charge in [-0.15, -0.1) is 0 Å². The van der Waals surface area contributed by atoms with Crippen LogP contribution in [-0.2, 0) is 6.42 Å². The maximum atomic E-state index is 9.33. The largest absolute Gasteiger partial charge is 0.394 e. The first kappa shape index (κ1) is 13.0. The molecular formula is C13H19N3O2. The SMILES string of the molecule is CN(CCc1ccc2nc[nH]c2c1)CC(O)CO. The van der Waals surface area contributed by atoms with Crippen LogP contribution in [0.5, 0.6) is 0 Å². The van der Waals surface area contributed by atoms with E-state index in [9.17, 15) is 5.11 Å². The van der Waals surface area contributed by atoms with E-state index < -0.39 is 6.10 Å². The normalized spacial score (nSPS) is 13.3. The summed E-state index contributed by atoms with van der Waals surface area (Å²) < 4.78 is 0. The minimum absolute atomic E-state index is 0.190. The molecule has 1 heterocycles. The summed E-state index contributed by atoms with van der Waals surface area (Å²) in [6.07, 6.45) is 1.94. The van der Waals surface area contributed by atoms with Crippen molar-refractivity contribution in [1.29, 1.82) is 0 Å². The average molecular weight is 249 g/mol. The fraction of sp³-hybridized carbons (Fsp3) is 0.462. The number of aliphatic hydroxyl groups is 2. The molecule has 18 heavy (non-hydrogen) atoms. The van der Waals surface area contributed by atoms with Crippen LogP contribution in [-0.4, -0.2) is 57.9 Å². The predicted octanol–water partition coefficient (Wildman–Crippen LogP) is 0.390. The molecule has 0 aliphatic heterocycles. The maximum absolute atomic E-state index is 9.33. The van der Waals surface area contributed by atoms with E-state index >= 15 is 0 Å². The molecule has 5 nitrogen and oxygen atoms in total. The number of aliphatic hydroxyl groups excluding tert-OH is 2. The lowest BCUT2D eigenvalue weighted by Crippen LogP contribution is -2.32. The van der Waals surface area contributed by atoms with Gasteiger partial charge in [-0.3, -0.25) is 0 Å². The Bertz CT molecular complexity index is 498. The topological polar surface area (TPSA) is 72.4 Å². The summed E-state index contributed by atoms with van der Waals surface area (Å²) in [6, 6.07) is 6.17. The van der Waals surface area contributed by atoms with Gasteiger partial charge < -0.3 is 20.1 Å². The van der Waals surface area contributed by atoms with Crippen molar-refractivity contribution in [3.8, 4) is 0 Å². The second kappa shape index (κ2) is 5.95. The highest BCUT2D eigenvalue weighted by molar-refractivity contribution is 5.75. The second-order valence-electron chi connectivity index (χ2n) is 4.60. The van der Waals surface area contributed by atoms with Gasteiger partial charge in [-0.25, -0.2) is 4.98 Å². The van der Waals surface area contributed by atoms with Crippen molar-refractivity contribution >= 4 is 11.0 Å². The Kier molecular flexibility index (Phi) is 4.30. The van der Waals surface area contributed by atoms with Gasteiger partial charge in [0.15, 0.2) is 0 Å². The predicted molar refractivity (Wildman–Crippen MR) is 70.4 cm³/mol. The number of hydrogen-bond acceptors (Lipinski definition) is 4. The first-order chi connectivity index (χ1) is 8.69. The zero-order chi connectivity index (χ0) is 13.0. The number of nitrogens with zero attached hydrogens (tertiary/aromatic N) is 2. The van der Waals surface area contributed by atoms with Crippen LogP contribution in [0.3, 0.4) is 0 Å². The Morgan fingerprint density at radius 1 is 1.44 bits per heavy atom. The minimum atomic E-state index is -0.662. The lowest BCUT2D eigenvalue weighted by Gasteiger charge is -2.19. The number of likely N-dealkylation sites (N-methyl/N-ethyl adjacent to an activating group) is 1. The van der Waals surface area contributed by atoms with Gasteiger partial charge in [-0.2, -0.15) is 0 Å². The van der Waals surface area contributed by atoms with Gasteiger partial charge in [-0.1, -0.05) is 6.07 Å². The van der Waals surface area contributed by atoms with E-state index in [2.05, 4.69) is 22.1 Å². The average Bonchev–Trinajstić information content (AvgIpc) is 2.83. The molecule has 0 aliphatic rings. The van der Waals surface area contributed by atoms with E-state index in [1.54, 1.807) is 6.33 Å². The van der Waals surface area contributed by atoms with Gasteiger partial charge in [0.2, 0.25) is 0 Å². The van der Waals surface area contributed by atoms with Crippen LogP contribution in [0.2, 0.25) is 0 Å². The van der Waals surface area contributed by atoms with Crippen LogP contribution in [0.4, 0.5) is 0 Å². The van der Waals surface area contributed by atoms with Crippen molar-refractivity contribution in [2.75, 3.05) is 26.7 Å². The molecule has 2 aromatic rings. The smallest absolute Gasteiger partial charge is 0.0931 e. The summed E-state index contributed by atoms with van der Waals surface area (Å²) in [6.45, 7) is 1.14. The lowest BCUT2D eigenvalue weighted by molar-refractivity contribution is 0.0669. The number of imidazole rings is 1. The molecule has 0 radical (unpaired) electrons. The third-order valence-corrected chi connectivity index (χ3v) is 3.00. The van der Waals surface area contributed by atoms with E-state index in [-0.39, 0.29) is 6.61 Å². The molecule has 1 aromatic heterocycles. The Morgan fingerprint density at radius 2 is 2.28 bits per heavy atom. The summed E-state index contributed by atoms with van der Waals surface area (Å²) >= 11 is 0. The number of nitrogens with one attached hydrogen (secondary N) is 1. The van der Waals surface area contributed by atoms with Crippen LogP contribution in [0, 0.1) is 0 Å². The summed E-state index contributed by atoms with van der Waals surface area (Å²) in [5.41, 5.74) is 3.26. The molecule has 1 atom stereocenters. The number of benzene rings is 1. The molecule has 0 spiro atoms. The third-order valence-electron chi connectivity index (χ3n) is 3.00. The highest BCUT2D eigenvalue weighted by Gasteiger charge is 2.07. The molecule has 0 saturated heterocycles. The molecule has 3 N–H and O–H groups in total. The Labute approximate surface area is 106 Å². The zero-order valence-corrected chi connectivity index (χ0v) is 10.5. The maximum Gasteiger partial charge on any atom is 0.0931 e. The summed E-state index contributed by atoms with van der Waals surface area (Å²) in [4.78, 5) is 9.28. The Hall–Kier alpha value is -1.43. The van der Waals surface area contributed by atoms with E-state index in [1.807, 2.05) is 18.0 Å². The molecular weight excluding hydrogens is 230 g/mol.